The normalized spacial score (nSPS) is 12.4. The predicted octanol–water partition coefficient (Wildman–Crippen LogP) is 5.68. The van der Waals surface area contributed by atoms with Gasteiger partial charge in [-0.3, -0.25) is 10.2 Å². The number of hydrogen-bond acceptors (Lipinski definition) is 3. The summed E-state index contributed by atoms with van der Waals surface area (Å²) in [7, 11) is 0. The Labute approximate surface area is 151 Å². The Balaban J connectivity index is 2.24. The summed E-state index contributed by atoms with van der Waals surface area (Å²) in [6.07, 6.45) is -1.04. The molecule has 26 heavy (non-hydrogen) atoms. The van der Waals surface area contributed by atoms with E-state index < -0.39 is 23.6 Å². The van der Waals surface area contributed by atoms with Crippen LogP contribution in [0.4, 0.5) is 22.6 Å². The summed E-state index contributed by atoms with van der Waals surface area (Å²) in [4.78, 5) is 12.5. The first-order valence-electron chi connectivity index (χ1n) is 7.38. The lowest BCUT2D eigenvalue weighted by molar-refractivity contribution is -0.0583. The molecular weight excluding hydrogens is 368 g/mol. The van der Waals surface area contributed by atoms with Crippen molar-refractivity contribution >= 4 is 33.5 Å². The molecule has 2 N–H and O–H groups in total. The third-order valence-corrected chi connectivity index (χ3v) is 4.25. The summed E-state index contributed by atoms with van der Waals surface area (Å²) >= 11 is 1.02. The van der Waals surface area contributed by atoms with Crippen LogP contribution >= 0.6 is 11.3 Å². The van der Waals surface area contributed by atoms with Crippen molar-refractivity contribution in [3.63, 3.8) is 0 Å². The molecule has 3 nitrogen and oxygen atoms in total. The molecule has 0 aliphatic carbocycles. The average Bonchev–Trinajstić information content (AvgIpc) is 3.02. The van der Waals surface area contributed by atoms with E-state index in [1.807, 2.05) is 0 Å². The molecule has 2 aromatic rings. The second-order valence-electron chi connectivity index (χ2n) is 5.11. The molecule has 0 saturated heterocycles. The first-order valence-corrected chi connectivity index (χ1v) is 8.20. The minimum atomic E-state index is -4.74. The van der Waals surface area contributed by atoms with Gasteiger partial charge >= 0.3 is 6.18 Å². The van der Waals surface area contributed by atoms with E-state index in [0.717, 1.165) is 17.4 Å². The molecule has 136 valence electrons. The Morgan fingerprint density at radius 1 is 1.19 bits per heavy atom. The van der Waals surface area contributed by atoms with E-state index in [0.29, 0.717) is 16.0 Å². The maximum atomic E-state index is 13.6. The number of benzene rings is 1. The summed E-state index contributed by atoms with van der Waals surface area (Å²) in [6, 6.07) is 8.50. The van der Waals surface area contributed by atoms with Gasteiger partial charge in [-0.25, -0.2) is 4.39 Å². The Morgan fingerprint density at radius 2 is 1.88 bits per heavy atom. The fraction of sp³-hybridized carbons (Fsp3) is 0.111. The van der Waals surface area contributed by atoms with E-state index >= 15 is 0 Å². The van der Waals surface area contributed by atoms with E-state index in [9.17, 15) is 22.4 Å². The highest BCUT2D eigenvalue weighted by atomic mass is 32.1. The van der Waals surface area contributed by atoms with Crippen LogP contribution in [0.3, 0.4) is 0 Å². The molecule has 0 fully saturated rings. The molecule has 2 rings (SSSR count). The lowest BCUT2D eigenvalue weighted by Crippen LogP contribution is -2.19. The van der Waals surface area contributed by atoms with Gasteiger partial charge < -0.3 is 5.32 Å². The van der Waals surface area contributed by atoms with E-state index in [2.05, 4.69) is 5.32 Å². The molecule has 1 heterocycles. The van der Waals surface area contributed by atoms with Crippen LogP contribution in [0.1, 0.15) is 22.2 Å². The maximum Gasteiger partial charge on any atom is 0.432 e. The summed E-state index contributed by atoms with van der Waals surface area (Å²) in [5.41, 5.74) is -1.42. The predicted molar refractivity (Wildman–Crippen MR) is 95.2 cm³/mol. The zero-order chi connectivity index (χ0) is 19.3. The summed E-state index contributed by atoms with van der Waals surface area (Å²) in [6.45, 7) is 1.64. The molecule has 8 heteroatoms. The molecule has 0 aliphatic heterocycles. The Hall–Kier alpha value is -2.74. The number of anilines is 1. The first kappa shape index (κ1) is 19.6. The highest BCUT2D eigenvalue weighted by Gasteiger charge is 2.32. The Kier molecular flexibility index (Phi) is 6.10. The number of thiophene rings is 1. The van der Waals surface area contributed by atoms with Gasteiger partial charge in [-0.2, -0.15) is 13.2 Å². The maximum absolute atomic E-state index is 13.6. The van der Waals surface area contributed by atoms with Gasteiger partial charge in [0.15, 0.2) is 0 Å². The van der Waals surface area contributed by atoms with Gasteiger partial charge in [0.05, 0.1) is 10.6 Å². The van der Waals surface area contributed by atoms with E-state index in [4.69, 9.17) is 5.41 Å². The van der Waals surface area contributed by atoms with Gasteiger partial charge in [-0.15, -0.1) is 11.3 Å². The Bertz CT molecular complexity index is 881. The van der Waals surface area contributed by atoms with E-state index in [-0.39, 0.29) is 11.1 Å². The molecule has 0 unspecified atom stereocenters. The van der Waals surface area contributed by atoms with Crippen LogP contribution in [0.2, 0.25) is 0 Å². The van der Waals surface area contributed by atoms with Crippen LogP contribution < -0.4 is 5.32 Å². The summed E-state index contributed by atoms with van der Waals surface area (Å²) in [5, 5.41) is 9.97. The molecular formula is C18H14F4N2OS. The minimum Gasteiger partial charge on any atom is -0.313 e. The third kappa shape index (κ3) is 4.89. The zero-order valence-corrected chi connectivity index (χ0v) is 14.3. The number of rotatable bonds is 5. The zero-order valence-electron chi connectivity index (χ0n) is 13.5. The topological polar surface area (TPSA) is 53.0 Å². The lowest BCUT2D eigenvalue weighted by Gasteiger charge is -2.06. The molecule has 0 saturated carbocycles. The second kappa shape index (κ2) is 8.09. The highest BCUT2D eigenvalue weighted by Crippen LogP contribution is 2.30. The van der Waals surface area contributed by atoms with Crippen molar-refractivity contribution in [1.82, 2.24) is 0 Å². The van der Waals surface area contributed by atoms with Gasteiger partial charge in [0, 0.05) is 4.88 Å². The lowest BCUT2D eigenvalue weighted by atomic mass is 10.1. The largest absolute Gasteiger partial charge is 0.432 e. The van der Waals surface area contributed by atoms with Crippen LogP contribution in [0, 0.1) is 11.2 Å². The van der Waals surface area contributed by atoms with Gasteiger partial charge in [0.25, 0.3) is 5.91 Å². The van der Waals surface area contributed by atoms with Crippen LogP contribution in [0.15, 0.2) is 54.6 Å². The van der Waals surface area contributed by atoms with Gasteiger partial charge in [-0.05, 0) is 42.8 Å². The van der Waals surface area contributed by atoms with Crippen molar-refractivity contribution in [2.24, 2.45) is 0 Å². The number of carbonyl (C=O) groups is 1. The summed E-state index contributed by atoms with van der Waals surface area (Å²) in [5.74, 6) is -1.33. The minimum absolute atomic E-state index is 0.134. The number of hydrogen-bond donors (Lipinski definition) is 2. The molecule has 0 atom stereocenters. The number of allylic oxidation sites excluding steroid dienone is 4. The monoisotopic (exact) mass is 382 g/mol. The van der Waals surface area contributed by atoms with E-state index in [1.54, 1.807) is 13.0 Å². The molecule has 1 aromatic heterocycles. The van der Waals surface area contributed by atoms with Gasteiger partial charge in [0.1, 0.15) is 11.5 Å². The number of halogens is 4. The summed E-state index contributed by atoms with van der Waals surface area (Å²) < 4.78 is 51.4. The smallest absolute Gasteiger partial charge is 0.313 e. The highest BCUT2D eigenvalue weighted by molar-refractivity contribution is 7.17. The standard InChI is InChI=1S/C18H14F4N2OS/c1-2-5-11(10-15(23)18(20,21)22)14-8-9-16(26-14)24-17(25)12-6-3-4-7-13(12)19/h2-10,23H,1H3,(H,24,25)/b5-2-,11-10+,23-15?. The SMILES string of the molecule is C/C=C\C(=C/C(=N)C(F)(F)F)c1ccc(NC(=O)c2ccccc2F)s1. The van der Waals surface area contributed by atoms with Crippen LogP contribution in [0.5, 0.6) is 0 Å². The molecule has 0 bridgehead atoms. The molecule has 0 aliphatic rings. The van der Waals surface area contributed by atoms with Crippen molar-refractivity contribution in [3.8, 4) is 0 Å². The van der Waals surface area contributed by atoms with Crippen LogP contribution in [0.25, 0.3) is 5.57 Å². The van der Waals surface area contributed by atoms with Crippen molar-refractivity contribution in [2.75, 3.05) is 5.32 Å². The Morgan fingerprint density at radius 3 is 2.50 bits per heavy atom. The number of alkyl halides is 3. The van der Waals surface area contributed by atoms with Crippen molar-refractivity contribution in [1.29, 1.82) is 5.41 Å². The molecule has 0 radical (unpaired) electrons. The fourth-order valence-electron chi connectivity index (χ4n) is 2.00. The number of amides is 1. The number of nitrogens with one attached hydrogen (secondary N) is 2. The molecule has 1 amide bonds. The average molecular weight is 382 g/mol. The van der Waals surface area contributed by atoms with Crippen molar-refractivity contribution in [3.05, 3.63) is 70.9 Å². The van der Waals surface area contributed by atoms with Gasteiger partial charge in [0.2, 0.25) is 0 Å². The third-order valence-electron chi connectivity index (χ3n) is 3.20. The first-order chi connectivity index (χ1) is 12.2. The van der Waals surface area contributed by atoms with Crippen molar-refractivity contribution in [2.45, 2.75) is 13.1 Å². The van der Waals surface area contributed by atoms with E-state index in [1.165, 1.54) is 36.4 Å². The second-order valence-corrected chi connectivity index (χ2v) is 6.19. The molecule has 0 spiro atoms. The fourth-order valence-corrected chi connectivity index (χ4v) is 2.90. The van der Waals surface area contributed by atoms with Gasteiger partial charge in [-0.1, -0.05) is 24.3 Å². The molecule has 1 aromatic carbocycles. The number of carbonyl (C=O) groups excluding carboxylic acids is 1. The van der Waals surface area contributed by atoms with Crippen molar-refractivity contribution < 1.29 is 22.4 Å². The van der Waals surface area contributed by atoms with Crippen LogP contribution in [-0.2, 0) is 0 Å². The van der Waals surface area contributed by atoms with Crippen LogP contribution in [-0.4, -0.2) is 17.8 Å². The quantitative estimate of drug-likeness (QED) is 0.390.